The van der Waals surface area contributed by atoms with Crippen molar-refractivity contribution in [2.24, 2.45) is 17.6 Å². The smallest absolute Gasteiger partial charge is 0.225 e. The molecule has 3 unspecified atom stereocenters. The highest BCUT2D eigenvalue weighted by Crippen LogP contribution is 2.27. The third kappa shape index (κ3) is 5.75. The van der Waals surface area contributed by atoms with Crippen LogP contribution in [0, 0.1) is 11.8 Å². The lowest BCUT2D eigenvalue weighted by Crippen LogP contribution is -2.41. The second-order valence-corrected chi connectivity index (χ2v) is 6.98. The number of likely N-dealkylation sites (tertiary alicyclic amines) is 1. The van der Waals surface area contributed by atoms with Gasteiger partial charge < -0.3 is 15.4 Å². The van der Waals surface area contributed by atoms with Crippen LogP contribution in [-0.2, 0) is 9.53 Å². The molecule has 2 aliphatic heterocycles. The fourth-order valence-electron chi connectivity index (χ4n) is 4.04. The van der Waals surface area contributed by atoms with Crippen LogP contribution in [0.5, 0.6) is 0 Å². The number of ether oxygens (including phenoxy) is 1. The minimum absolute atomic E-state index is 0. The molecule has 23 heavy (non-hydrogen) atoms. The van der Waals surface area contributed by atoms with E-state index in [0.717, 1.165) is 78.0 Å². The van der Waals surface area contributed by atoms with Crippen molar-refractivity contribution in [2.75, 3.05) is 45.9 Å². The SMILES string of the molecule is Cl.Cl.NC1CCCC(C(=O)N2CCC(CN3CCOCC3)C2)C1. The van der Waals surface area contributed by atoms with Gasteiger partial charge in [-0.3, -0.25) is 9.69 Å². The van der Waals surface area contributed by atoms with Crippen LogP contribution in [0.15, 0.2) is 0 Å². The van der Waals surface area contributed by atoms with Gasteiger partial charge >= 0.3 is 0 Å². The van der Waals surface area contributed by atoms with Gasteiger partial charge in [0, 0.05) is 44.7 Å². The van der Waals surface area contributed by atoms with Crippen molar-refractivity contribution in [3.63, 3.8) is 0 Å². The number of hydrogen-bond donors (Lipinski definition) is 1. The van der Waals surface area contributed by atoms with Gasteiger partial charge in [0.05, 0.1) is 13.2 Å². The highest BCUT2D eigenvalue weighted by atomic mass is 35.5. The van der Waals surface area contributed by atoms with Gasteiger partial charge in [-0.2, -0.15) is 0 Å². The van der Waals surface area contributed by atoms with Crippen LogP contribution in [0.3, 0.4) is 0 Å². The molecule has 1 amide bonds. The van der Waals surface area contributed by atoms with Gasteiger partial charge in [0.2, 0.25) is 5.91 Å². The predicted molar refractivity (Wildman–Crippen MR) is 96.4 cm³/mol. The van der Waals surface area contributed by atoms with Gasteiger partial charge in [-0.1, -0.05) is 6.42 Å². The van der Waals surface area contributed by atoms with E-state index in [4.69, 9.17) is 10.5 Å². The van der Waals surface area contributed by atoms with Crippen molar-refractivity contribution in [1.82, 2.24) is 9.80 Å². The molecule has 3 fully saturated rings. The molecule has 1 aliphatic carbocycles. The molecule has 0 aromatic carbocycles. The third-order valence-corrected chi connectivity index (χ3v) is 5.28. The fraction of sp³-hybridized carbons (Fsp3) is 0.938. The minimum atomic E-state index is 0. The lowest BCUT2D eigenvalue weighted by molar-refractivity contribution is -0.135. The molecule has 3 rings (SSSR count). The number of rotatable bonds is 3. The summed E-state index contributed by atoms with van der Waals surface area (Å²) in [5.41, 5.74) is 6.02. The van der Waals surface area contributed by atoms with Gasteiger partial charge in [0.1, 0.15) is 0 Å². The van der Waals surface area contributed by atoms with Crippen molar-refractivity contribution in [2.45, 2.75) is 38.1 Å². The monoisotopic (exact) mass is 367 g/mol. The first-order valence-electron chi connectivity index (χ1n) is 8.57. The summed E-state index contributed by atoms with van der Waals surface area (Å²) in [6.07, 6.45) is 5.29. The first-order valence-corrected chi connectivity index (χ1v) is 8.57. The van der Waals surface area contributed by atoms with Crippen molar-refractivity contribution in [1.29, 1.82) is 0 Å². The second-order valence-electron chi connectivity index (χ2n) is 6.98. The van der Waals surface area contributed by atoms with E-state index in [2.05, 4.69) is 9.80 Å². The molecule has 3 aliphatic rings. The Balaban J connectivity index is 0.00000132. The quantitative estimate of drug-likeness (QED) is 0.821. The van der Waals surface area contributed by atoms with Gasteiger partial charge in [-0.25, -0.2) is 0 Å². The highest BCUT2D eigenvalue weighted by molar-refractivity contribution is 5.85. The summed E-state index contributed by atoms with van der Waals surface area (Å²) in [5.74, 6) is 1.20. The first kappa shape index (κ1) is 21.0. The Bertz CT molecular complexity index is 367. The van der Waals surface area contributed by atoms with E-state index in [1.54, 1.807) is 0 Å². The molecule has 2 heterocycles. The maximum Gasteiger partial charge on any atom is 0.225 e. The maximum absolute atomic E-state index is 12.6. The Morgan fingerprint density at radius 2 is 1.83 bits per heavy atom. The number of morpholine rings is 1. The molecule has 0 bridgehead atoms. The lowest BCUT2D eigenvalue weighted by atomic mass is 9.85. The average Bonchev–Trinajstić information content (AvgIpc) is 2.96. The molecule has 0 aromatic rings. The maximum atomic E-state index is 12.6. The van der Waals surface area contributed by atoms with E-state index < -0.39 is 0 Å². The predicted octanol–water partition coefficient (Wildman–Crippen LogP) is 1.53. The van der Waals surface area contributed by atoms with E-state index >= 15 is 0 Å². The topological polar surface area (TPSA) is 58.8 Å². The van der Waals surface area contributed by atoms with Crippen LogP contribution in [-0.4, -0.2) is 67.7 Å². The second kappa shape index (κ2) is 10.0. The van der Waals surface area contributed by atoms with Gasteiger partial charge in [0.25, 0.3) is 0 Å². The number of carbonyl (C=O) groups excluding carboxylic acids is 1. The number of nitrogens with two attached hydrogens (primary N) is 1. The molecule has 0 spiro atoms. The zero-order chi connectivity index (χ0) is 14.7. The Hall–Kier alpha value is -0.0700. The molecular weight excluding hydrogens is 337 g/mol. The number of hydrogen-bond acceptors (Lipinski definition) is 4. The van der Waals surface area contributed by atoms with Crippen molar-refractivity contribution in [3.8, 4) is 0 Å². The number of amides is 1. The molecule has 1 saturated carbocycles. The summed E-state index contributed by atoms with van der Waals surface area (Å²) in [6, 6.07) is 0.236. The van der Waals surface area contributed by atoms with Crippen molar-refractivity contribution >= 4 is 30.7 Å². The molecule has 0 aromatic heterocycles. The third-order valence-electron chi connectivity index (χ3n) is 5.28. The molecular formula is C16H31Cl2N3O2. The zero-order valence-corrected chi connectivity index (χ0v) is 15.5. The zero-order valence-electron chi connectivity index (χ0n) is 13.8. The highest BCUT2D eigenvalue weighted by Gasteiger charge is 2.33. The Morgan fingerprint density at radius 3 is 2.52 bits per heavy atom. The standard InChI is InChI=1S/C16H29N3O2.2ClH/c17-15-3-1-2-14(10-15)16(20)19-5-4-13(12-19)11-18-6-8-21-9-7-18;;/h13-15H,1-12,17H2;2*1H. The van der Waals surface area contributed by atoms with Gasteiger partial charge in [0.15, 0.2) is 0 Å². The molecule has 0 radical (unpaired) electrons. The van der Waals surface area contributed by atoms with Crippen LogP contribution in [0.2, 0.25) is 0 Å². The van der Waals surface area contributed by atoms with E-state index in [1.807, 2.05) is 0 Å². The normalized spacial score (nSPS) is 32.0. The number of nitrogens with zero attached hydrogens (tertiary/aromatic N) is 2. The Labute approximate surface area is 152 Å². The summed E-state index contributed by atoms with van der Waals surface area (Å²) in [7, 11) is 0. The molecule has 2 N–H and O–H groups in total. The van der Waals surface area contributed by atoms with Crippen LogP contribution < -0.4 is 5.73 Å². The molecule has 2 saturated heterocycles. The summed E-state index contributed by atoms with van der Waals surface area (Å²) < 4.78 is 5.39. The summed E-state index contributed by atoms with van der Waals surface area (Å²) >= 11 is 0. The summed E-state index contributed by atoms with van der Waals surface area (Å²) in [5, 5.41) is 0. The lowest BCUT2D eigenvalue weighted by Gasteiger charge is -2.30. The van der Waals surface area contributed by atoms with Gasteiger partial charge in [-0.15, -0.1) is 24.8 Å². The van der Waals surface area contributed by atoms with Crippen LogP contribution in [0.1, 0.15) is 32.1 Å². The summed E-state index contributed by atoms with van der Waals surface area (Å²) in [6.45, 7) is 6.81. The Kier molecular flexibility index (Phi) is 9.16. The molecule has 3 atom stereocenters. The fourth-order valence-corrected chi connectivity index (χ4v) is 4.04. The van der Waals surface area contributed by atoms with Crippen LogP contribution in [0.4, 0.5) is 0 Å². The number of halogens is 2. The Morgan fingerprint density at radius 1 is 1.09 bits per heavy atom. The number of carbonyl (C=O) groups is 1. The minimum Gasteiger partial charge on any atom is -0.379 e. The molecule has 5 nitrogen and oxygen atoms in total. The molecule has 7 heteroatoms. The largest absolute Gasteiger partial charge is 0.379 e. The van der Waals surface area contributed by atoms with E-state index in [9.17, 15) is 4.79 Å². The van der Waals surface area contributed by atoms with Crippen LogP contribution >= 0.6 is 24.8 Å². The average molecular weight is 368 g/mol. The summed E-state index contributed by atoms with van der Waals surface area (Å²) in [4.78, 5) is 17.2. The van der Waals surface area contributed by atoms with Crippen molar-refractivity contribution < 1.29 is 9.53 Å². The van der Waals surface area contributed by atoms with Gasteiger partial charge in [-0.05, 0) is 31.6 Å². The van der Waals surface area contributed by atoms with Crippen molar-refractivity contribution in [3.05, 3.63) is 0 Å². The first-order chi connectivity index (χ1) is 10.2. The van der Waals surface area contributed by atoms with E-state index in [0.29, 0.717) is 11.8 Å². The molecule has 136 valence electrons. The van der Waals surface area contributed by atoms with E-state index in [1.165, 1.54) is 0 Å². The van der Waals surface area contributed by atoms with Crippen LogP contribution in [0.25, 0.3) is 0 Å². The van der Waals surface area contributed by atoms with E-state index in [-0.39, 0.29) is 36.8 Å².